The van der Waals surface area contributed by atoms with Crippen molar-refractivity contribution in [3.8, 4) is 50.7 Å². The first-order valence-corrected chi connectivity index (χ1v) is 29.4. The molecule has 0 bridgehead atoms. The highest BCUT2D eigenvalue weighted by atomic mass is 16.5. The average Bonchev–Trinajstić information content (AvgIpc) is 1.60. The molecule has 0 atom stereocenters. The van der Waals surface area contributed by atoms with Crippen LogP contribution in [-0.2, 0) is 21.7 Å². The monoisotopic (exact) mass is 1090 g/mol. The zero-order valence-electron chi connectivity index (χ0n) is 49.4. The van der Waals surface area contributed by atoms with Crippen LogP contribution in [0.15, 0.2) is 249 Å². The van der Waals surface area contributed by atoms with Crippen LogP contribution in [0.25, 0.3) is 61.0 Å². The summed E-state index contributed by atoms with van der Waals surface area (Å²) in [5.74, 6) is 2.33. The minimum absolute atomic E-state index is 0.0350. The number of benzene rings is 10. The van der Waals surface area contributed by atoms with Crippen LogP contribution < -0.4 is 13.9 Å². The number of ether oxygens (including phenoxy) is 1. The van der Waals surface area contributed by atoms with Gasteiger partial charge >= 0.3 is 6.01 Å². The summed E-state index contributed by atoms with van der Waals surface area (Å²) in [6, 6.07) is 92.9. The fourth-order valence-corrected chi connectivity index (χ4v) is 13.0. The Kier molecular flexibility index (Phi) is 12.3. The van der Waals surface area contributed by atoms with Gasteiger partial charge in [-0.2, -0.15) is 0 Å². The maximum atomic E-state index is 6.92. The molecule has 0 saturated carbocycles. The molecule has 1 aliphatic carbocycles. The third-order valence-corrected chi connectivity index (χ3v) is 17.4. The lowest BCUT2D eigenvalue weighted by Gasteiger charge is -2.34. The summed E-state index contributed by atoms with van der Waals surface area (Å²) in [6.45, 7) is 20.6. The standard InChI is InChI=1S/C79H68N4O/c1-76(2,3)55-42-43-80-74(48-55)83-70-37-18-15-32-66(70)67-41-40-61(50-73(67)83)84-60-29-22-28-59(49-60)81-51-82(72-39-20-19-38-71(72)81)75-62(33-23-34-63(75)53-45-57(77(4,5)6)47-58(46-53)78(7,8)9)52-24-21-27-56(44-52)79(54-25-11-10-12-26-54)68-35-16-13-30-64(68)65-31-14-17-36-69(65)79/h10-50H,1-9H3/q+2. The van der Waals surface area contributed by atoms with Gasteiger partial charge in [-0.05, 0) is 141 Å². The Balaban J connectivity index is 0.959. The Labute approximate surface area is 493 Å². The molecule has 84 heavy (non-hydrogen) atoms. The molecular weight excluding hydrogens is 1020 g/mol. The zero-order valence-corrected chi connectivity index (χ0v) is 49.4. The largest absolute Gasteiger partial charge is 0.503 e. The second kappa shape index (κ2) is 19.8. The van der Waals surface area contributed by atoms with Gasteiger partial charge in [0.2, 0.25) is 11.4 Å². The van der Waals surface area contributed by atoms with Gasteiger partial charge in [0, 0.05) is 41.2 Å². The molecule has 2 aromatic heterocycles. The minimum atomic E-state index is -0.563. The molecule has 0 N–H and O–H groups in total. The Morgan fingerprint density at radius 2 is 0.964 bits per heavy atom. The number of para-hydroxylation sites is 4. The van der Waals surface area contributed by atoms with E-state index in [0.717, 1.165) is 67.4 Å². The lowest BCUT2D eigenvalue weighted by atomic mass is 9.67. The quantitative estimate of drug-likeness (QED) is 0.135. The third kappa shape index (κ3) is 8.73. The van der Waals surface area contributed by atoms with Crippen LogP contribution in [0.3, 0.4) is 0 Å². The van der Waals surface area contributed by atoms with Gasteiger partial charge in [-0.3, -0.25) is 4.57 Å². The molecule has 0 fully saturated rings. The van der Waals surface area contributed by atoms with Crippen molar-refractivity contribution in [3.05, 3.63) is 288 Å². The fraction of sp³-hybridized carbons (Fsp3) is 0.165. The highest BCUT2D eigenvalue weighted by Gasteiger charge is 2.46. The molecule has 10 aromatic carbocycles. The predicted molar refractivity (Wildman–Crippen MR) is 350 cm³/mol. The van der Waals surface area contributed by atoms with Crippen molar-refractivity contribution in [2.75, 3.05) is 0 Å². The number of hydrogen-bond donors (Lipinski definition) is 0. The molecule has 408 valence electrons. The van der Waals surface area contributed by atoms with Crippen LogP contribution in [0.2, 0.25) is 0 Å². The Morgan fingerprint density at radius 3 is 1.67 bits per heavy atom. The van der Waals surface area contributed by atoms with Gasteiger partial charge in [0.25, 0.3) is 11.4 Å². The summed E-state index contributed by atoms with van der Waals surface area (Å²) in [7, 11) is 0. The van der Waals surface area contributed by atoms with Crippen molar-refractivity contribution in [2.24, 2.45) is 0 Å². The van der Waals surface area contributed by atoms with Gasteiger partial charge < -0.3 is 4.74 Å². The topological polar surface area (TPSA) is 33.1 Å². The van der Waals surface area contributed by atoms with Gasteiger partial charge in [0.05, 0.1) is 33.6 Å². The van der Waals surface area contributed by atoms with Crippen molar-refractivity contribution in [1.29, 1.82) is 0 Å². The first kappa shape index (κ1) is 52.4. The molecule has 14 rings (SSSR count). The van der Waals surface area contributed by atoms with E-state index in [9.17, 15) is 0 Å². The highest BCUT2D eigenvalue weighted by Crippen LogP contribution is 2.57. The third-order valence-electron chi connectivity index (χ3n) is 17.4. The molecule has 0 saturated heterocycles. The summed E-state index contributed by atoms with van der Waals surface area (Å²) >= 11 is 0. The van der Waals surface area contributed by atoms with Crippen molar-refractivity contribution in [1.82, 2.24) is 18.7 Å². The van der Waals surface area contributed by atoms with E-state index in [1.807, 2.05) is 12.3 Å². The molecule has 12 aromatic rings. The smallest absolute Gasteiger partial charge is 0.457 e. The molecule has 2 aliphatic rings. The van der Waals surface area contributed by atoms with Crippen LogP contribution in [0.1, 0.15) is 101 Å². The summed E-state index contributed by atoms with van der Waals surface area (Å²) in [5.41, 5.74) is 21.3. The number of aromatic nitrogens is 2. The average molecular weight is 1090 g/mol. The molecule has 0 spiro atoms. The number of hydrogen-bond acceptors (Lipinski definition) is 2. The van der Waals surface area contributed by atoms with Crippen molar-refractivity contribution >= 4 is 50.6 Å². The van der Waals surface area contributed by atoms with Gasteiger partial charge in [-0.1, -0.05) is 220 Å². The van der Waals surface area contributed by atoms with Gasteiger partial charge in [0.1, 0.15) is 17.3 Å². The van der Waals surface area contributed by atoms with E-state index in [0.29, 0.717) is 5.75 Å². The Hall–Kier alpha value is -9.67. The van der Waals surface area contributed by atoms with Gasteiger partial charge in [-0.15, -0.1) is 0 Å². The second-order valence-corrected chi connectivity index (χ2v) is 25.8. The Morgan fingerprint density at radius 1 is 0.405 bits per heavy atom. The summed E-state index contributed by atoms with van der Waals surface area (Å²) in [6.07, 6.45) is 1.93. The minimum Gasteiger partial charge on any atom is -0.457 e. The molecule has 0 radical (unpaired) electrons. The normalized spacial score (nSPS) is 13.6. The summed E-state index contributed by atoms with van der Waals surface area (Å²) in [4.78, 5) is 4.94. The van der Waals surface area contributed by atoms with Crippen LogP contribution in [-0.4, -0.2) is 15.6 Å². The SMILES string of the molecule is CC(C)(C)c1cc(-c2cccc(-c3cccc(C4(c5ccccc5)c5ccccc5-c5ccccc54)c3)c2[N+]2=C=[N+](c3cccc(Oc4ccc5c6ccccc6n(-c6cc(C(C)(C)C)ccn6)c5c4)c3)c3ccccc32)cc(C(C)(C)C)c1. The molecule has 1 aliphatic heterocycles. The van der Waals surface area contributed by atoms with Crippen molar-refractivity contribution in [2.45, 2.75) is 84.0 Å². The lowest BCUT2D eigenvalue weighted by molar-refractivity contribution is 0.483. The van der Waals surface area contributed by atoms with Crippen molar-refractivity contribution < 1.29 is 4.74 Å². The number of rotatable bonds is 9. The number of nitrogens with zero attached hydrogens (tertiary/aromatic N) is 4. The molecule has 0 amide bonds. The van der Waals surface area contributed by atoms with E-state index in [4.69, 9.17) is 9.72 Å². The second-order valence-electron chi connectivity index (χ2n) is 25.8. The first-order chi connectivity index (χ1) is 40.5. The van der Waals surface area contributed by atoms with Crippen LogP contribution in [0, 0.1) is 0 Å². The van der Waals surface area contributed by atoms with Gasteiger partial charge in [-0.25, -0.2) is 4.98 Å². The molecule has 0 unspecified atom stereocenters. The maximum Gasteiger partial charge on any atom is 0.503 e. The van der Waals surface area contributed by atoms with E-state index in [1.165, 1.54) is 61.0 Å². The maximum absolute atomic E-state index is 6.92. The molecule has 5 heteroatoms. The fourth-order valence-electron chi connectivity index (χ4n) is 13.0. The van der Waals surface area contributed by atoms with Crippen molar-refractivity contribution in [3.63, 3.8) is 0 Å². The molecular formula is C79H68N4O+2. The first-order valence-electron chi connectivity index (χ1n) is 29.4. The predicted octanol–water partition coefficient (Wildman–Crippen LogP) is 20.4. The van der Waals surface area contributed by atoms with Crippen LogP contribution in [0.4, 0.5) is 22.7 Å². The van der Waals surface area contributed by atoms with E-state index in [-0.39, 0.29) is 16.2 Å². The van der Waals surface area contributed by atoms with E-state index >= 15 is 0 Å². The number of fused-ring (bicyclic) bond motifs is 7. The molecule has 3 heterocycles. The van der Waals surface area contributed by atoms with Crippen LogP contribution >= 0.6 is 0 Å². The van der Waals surface area contributed by atoms with E-state index in [1.54, 1.807) is 0 Å². The zero-order chi connectivity index (χ0) is 57.7. The Bertz CT molecular complexity index is 4610. The van der Waals surface area contributed by atoms with Crippen LogP contribution in [0.5, 0.6) is 11.5 Å². The lowest BCUT2D eigenvalue weighted by Crippen LogP contribution is -2.28. The van der Waals surface area contributed by atoms with Gasteiger partial charge in [0.15, 0.2) is 0 Å². The van der Waals surface area contributed by atoms with E-state index < -0.39 is 5.41 Å². The highest BCUT2D eigenvalue weighted by molar-refractivity contribution is 6.09. The number of pyridine rings is 1. The summed E-state index contributed by atoms with van der Waals surface area (Å²) in [5, 5.41) is 2.31. The molecule has 5 nitrogen and oxygen atoms in total. The summed E-state index contributed by atoms with van der Waals surface area (Å²) < 4.78 is 13.7. The van der Waals surface area contributed by atoms with E-state index in [2.05, 4.69) is 319 Å².